The van der Waals surface area contributed by atoms with Crippen LogP contribution in [0.2, 0.25) is 0 Å². The second-order valence-electron chi connectivity index (χ2n) is 6.12. The number of rotatable bonds is 5. The molecule has 0 bridgehead atoms. The van der Waals surface area contributed by atoms with Crippen LogP contribution in [0.25, 0.3) is 10.9 Å². The fourth-order valence-electron chi connectivity index (χ4n) is 3.02. The van der Waals surface area contributed by atoms with Gasteiger partial charge in [-0.2, -0.15) is 0 Å². The molecule has 0 amide bonds. The molecule has 3 aromatic rings. The summed E-state index contributed by atoms with van der Waals surface area (Å²) >= 11 is 0. The van der Waals surface area contributed by atoms with E-state index in [1.165, 1.54) is 26.2 Å². The van der Waals surface area contributed by atoms with Crippen LogP contribution in [-0.2, 0) is 9.47 Å². The number of aryl methyl sites for hydroxylation is 1. The Kier molecular flexibility index (Phi) is 5.07. The minimum absolute atomic E-state index is 0.0552. The topological polar surface area (TPSA) is 85.5 Å². The van der Waals surface area contributed by atoms with E-state index in [0.717, 1.165) is 10.9 Å². The van der Waals surface area contributed by atoms with Crippen molar-refractivity contribution in [3.8, 4) is 0 Å². The number of aromatic amines is 1. The molecule has 3 rings (SSSR count). The number of esters is 2. The van der Waals surface area contributed by atoms with E-state index >= 15 is 0 Å². The number of para-hydroxylation sites is 1. The smallest absolute Gasteiger partial charge is 0.339 e. The van der Waals surface area contributed by atoms with Gasteiger partial charge in [0.2, 0.25) is 5.78 Å². The first kappa shape index (κ1) is 18.4. The molecule has 138 valence electrons. The maximum atomic E-state index is 12.9. The van der Waals surface area contributed by atoms with Crippen LogP contribution in [0.15, 0.2) is 48.5 Å². The highest BCUT2D eigenvalue weighted by atomic mass is 16.5. The van der Waals surface area contributed by atoms with Gasteiger partial charge in [0.05, 0.1) is 18.2 Å². The lowest BCUT2D eigenvalue weighted by Gasteiger charge is -2.14. The summed E-state index contributed by atoms with van der Waals surface area (Å²) < 4.78 is 10.0. The number of hydrogen-bond acceptors (Lipinski definition) is 5. The number of ether oxygens (including phenoxy) is 2. The molecule has 27 heavy (non-hydrogen) atoms. The Bertz CT molecular complexity index is 1030. The van der Waals surface area contributed by atoms with Crippen molar-refractivity contribution < 1.29 is 23.9 Å². The lowest BCUT2D eigenvalue weighted by molar-refractivity contribution is 0.0313. The van der Waals surface area contributed by atoms with Gasteiger partial charge in [-0.05, 0) is 32.0 Å². The lowest BCUT2D eigenvalue weighted by Crippen LogP contribution is -2.26. The van der Waals surface area contributed by atoms with Crippen LogP contribution < -0.4 is 0 Å². The molecule has 0 fully saturated rings. The van der Waals surface area contributed by atoms with E-state index in [0.29, 0.717) is 11.3 Å². The van der Waals surface area contributed by atoms with E-state index in [-0.39, 0.29) is 16.9 Å². The summed E-state index contributed by atoms with van der Waals surface area (Å²) in [6.45, 7) is 3.32. The van der Waals surface area contributed by atoms with Gasteiger partial charge in [-0.1, -0.05) is 30.3 Å². The fourth-order valence-corrected chi connectivity index (χ4v) is 3.02. The molecular formula is C21H19NO5. The second-order valence-corrected chi connectivity index (χ2v) is 6.12. The van der Waals surface area contributed by atoms with E-state index in [1.54, 1.807) is 19.1 Å². The summed E-state index contributed by atoms with van der Waals surface area (Å²) in [4.78, 5) is 40.4. The predicted molar refractivity (Wildman–Crippen MR) is 100 cm³/mol. The highest BCUT2D eigenvalue weighted by Crippen LogP contribution is 2.24. The van der Waals surface area contributed by atoms with E-state index < -0.39 is 18.0 Å². The van der Waals surface area contributed by atoms with Gasteiger partial charge in [0, 0.05) is 22.2 Å². The third-order valence-electron chi connectivity index (χ3n) is 4.35. The SMILES string of the molecule is COC(=O)c1ccccc1C(=O)OC(C)C(=O)c1c(C)[nH]c2ccccc12. The number of benzene rings is 2. The van der Waals surface area contributed by atoms with Crippen LogP contribution in [0, 0.1) is 6.92 Å². The highest BCUT2D eigenvalue weighted by molar-refractivity contribution is 6.12. The molecule has 0 aliphatic carbocycles. The van der Waals surface area contributed by atoms with Crippen LogP contribution in [-0.4, -0.2) is 35.9 Å². The van der Waals surface area contributed by atoms with Gasteiger partial charge in [0.1, 0.15) is 0 Å². The van der Waals surface area contributed by atoms with Gasteiger partial charge in [-0.25, -0.2) is 9.59 Å². The predicted octanol–water partition coefficient (Wildman–Crippen LogP) is 3.69. The van der Waals surface area contributed by atoms with Crippen LogP contribution in [0.5, 0.6) is 0 Å². The van der Waals surface area contributed by atoms with Crippen molar-refractivity contribution in [2.75, 3.05) is 7.11 Å². The Morgan fingerprint density at radius 3 is 2.19 bits per heavy atom. The monoisotopic (exact) mass is 365 g/mol. The Balaban J connectivity index is 1.86. The van der Waals surface area contributed by atoms with Crippen molar-refractivity contribution in [3.05, 3.63) is 70.9 Å². The zero-order chi connectivity index (χ0) is 19.6. The number of carbonyl (C=O) groups is 3. The zero-order valence-electron chi connectivity index (χ0n) is 15.2. The number of Topliss-reactive ketones (excluding diaryl/α,β-unsaturated/α-hetero) is 1. The fraction of sp³-hybridized carbons (Fsp3) is 0.190. The van der Waals surface area contributed by atoms with Crippen LogP contribution in [0.4, 0.5) is 0 Å². The summed E-state index contributed by atoms with van der Waals surface area (Å²) in [5.74, 6) is -1.71. The second kappa shape index (κ2) is 7.45. The maximum absolute atomic E-state index is 12.9. The van der Waals surface area contributed by atoms with Gasteiger partial charge in [0.25, 0.3) is 0 Å². The first-order valence-corrected chi connectivity index (χ1v) is 8.44. The molecule has 0 aliphatic heterocycles. The summed E-state index contributed by atoms with van der Waals surface area (Å²) in [5.41, 5.74) is 2.19. The van der Waals surface area contributed by atoms with Gasteiger partial charge in [0.15, 0.2) is 6.10 Å². The molecule has 0 radical (unpaired) electrons. The van der Waals surface area contributed by atoms with Crippen molar-refractivity contribution in [3.63, 3.8) is 0 Å². The Labute approximate surface area is 156 Å². The minimum Gasteiger partial charge on any atom is -0.465 e. The van der Waals surface area contributed by atoms with E-state index in [4.69, 9.17) is 4.74 Å². The molecule has 2 aromatic carbocycles. The van der Waals surface area contributed by atoms with E-state index in [9.17, 15) is 14.4 Å². The number of methoxy groups -OCH3 is 1. The van der Waals surface area contributed by atoms with Gasteiger partial charge in [-0.15, -0.1) is 0 Å². The average molecular weight is 365 g/mol. The normalized spacial score (nSPS) is 11.8. The van der Waals surface area contributed by atoms with Crippen LogP contribution >= 0.6 is 0 Å². The molecule has 0 aliphatic rings. The molecule has 0 saturated carbocycles. The first-order chi connectivity index (χ1) is 12.9. The lowest BCUT2D eigenvalue weighted by atomic mass is 10.0. The molecule has 1 atom stereocenters. The third kappa shape index (κ3) is 3.46. The van der Waals surface area contributed by atoms with Crippen LogP contribution in [0.3, 0.4) is 0 Å². The number of hydrogen-bond donors (Lipinski definition) is 1. The van der Waals surface area contributed by atoms with Gasteiger partial charge in [-0.3, -0.25) is 4.79 Å². The summed E-state index contributed by atoms with van der Waals surface area (Å²) in [6, 6.07) is 13.6. The molecule has 1 heterocycles. The summed E-state index contributed by atoms with van der Waals surface area (Å²) in [7, 11) is 1.23. The molecule has 1 aromatic heterocycles. The largest absolute Gasteiger partial charge is 0.465 e. The van der Waals surface area contributed by atoms with E-state index in [2.05, 4.69) is 9.72 Å². The maximum Gasteiger partial charge on any atom is 0.339 e. The molecule has 1 unspecified atom stereocenters. The van der Waals surface area contributed by atoms with Crippen molar-refractivity contribution in [2.24, 2.45) is 0 Å². The summed E-state index contributed by atoms with van der Waals surface area (Å²) in [6.07, 6.45) is -1.01. The minimum atomic E-state index is -1.01. The first-order valence-electron chi connectivity index (χ1n) is 8.44. The third-order valence-corrected chi connectivity index (χ3v) is 4.35. The standard InChI is InChI=1S/C21H19NO5/c1-12-18(16-10-6-7-11-17(16)22-12)19(23)13(2)27-21(25)15-9-5-4-8-14(15)20(24)26-3/h4-11,13,22H,1-3H3. The van der Waals surface area contributed by atoms with E-state index in [1.807, 2.05) is 24.3 Å². The van der Waals surface area contributed by atoms with Crippen LogP contribution in [0.1, 0.15) is 43.7 Å². The molecular weight excluding hydrogens is 346 g/mol. The van der Waals surface area contributed by atoms with Crippen molar-refractivity contribution in [2.45, 2.75) is 20.0 Å². The zero-order valence-corrected chi connectivity index (χ0v) is 15.2. The van der Waals surface area contributed by atoms with Crippen molar-refractivity contribution >= 4 is 28.6 Å². The number of H-pyrrole nitrogens is 1. The molecule has 6 heteroatoms. The molecule has 6 nitrogen and oxygen atoms in total. The van der Waals surface area contributed by atoms with Crippen molar-refractivity contribution in [1.29, 1.82) is 0 Å². The number of aromatic nitrogens is 1. The Hall–Kier alpha value is -3.41. The van der Waals surface area contributed by atoms with Gasteiger partial charge < -0.3 is 14.5 Å². The number of nitrogens with one attached hydrogen (secondary N) is 1. The highest BCUT2D eigenvalue weighted by Gasteiger charge is 2.26. The Morgan fingerprint density at radius 1 is 0.926 bits per heavy atom. The quantitative estimate of drug-likeness (QED) is 0.550. The number of fused-ring (bicyclic) bond motifs is 1. The number of ketones is 1. The molecule has 0 spiro atoms. The number of carbonyl (C=O) groups excluding carboxylic acids is 3. The average Bonchev–Trinajstić information content (AvgIpc) is 3.02. The Morgan fingerprint density at radius 2 is 1.52 bits per heavy atom. The van der Waals surface area contributed by atoms with Gasteiger partial charge >= 0.3 is 11.9 Å². The van der Waals surface area contributed by atoms with Crippen molar-refractivity contribution in [1.82, 2.24) is 4.98 Å². The molecule has 0 saturated heterocycles. The summed E-state index contributed by atoms with van der Waals surface area (Å²) in [5, 5.41) is 0.776. The molecule has 1 N–H and O–H groups in total.